The van der Waals surface area contributed by atoms with Crippen LogP contribution in [0.25, 0.3) is 17.1 Å². The van der Waals surface area contributed by atoms with Gasteiger partial charge < -0.3 is 0 Å². The van der Waals surface area contributed by atoms with E-state index < -0.39 is 0 Å². The van der Waals surface area contributed by atoms with E-state index in [9.17, 15) is 0 Å². The molecule has 0 atom stereocenters. The van der Waals surface area contributed by atoms with E-state index in [0.717, 1.165) is 34.4 Å². The molecule has 0 amide bonds. The standard InChI is InChI=1S/C22H20N4S/c1-17-7-9-20(10-8-17)26-21(19-11-14-23-15-12-19)24-25-22(26)27-16-13-18-5-3-2-4-6-18/h2-12,14-15H,13,16H2,1H3. The van der Waals surface area contributed by atoms with Crippen molar-refractivity contribution in [2.45, 2.75) is 18.5 Å². The molecule has 5 heteroatoms. The smallest absolute Gasteiger partial charge is 0.196 e. The molecule has 0 bridgehead atoms. The number of aromatic nitrogens is 4. The summed E-state index contributed by atoms with van der Waals surface area (Å²) in [6, 6.07) is 22.9. The Bertz CT molecular complexity index is 996. The lowest BCUT2D eigenvalue weighted by atomic mass is 10.2. The largest absolute Gasteiger partial charge is 0.270 e. The second kappa shape index (κ2) is 8.18. The fourth-order valence-corrected chi connectivity index (χ4v) is 3.82. The quantitative estimate of drug-likeness (QED) is 0.448. The number of aryl methyl sites for hydroxylation is 2. The molecule has 134 valence electrons. The molecular weight excluding hydrogens is 352 g/mol. The first-order chi connectivity index (χ1) is 13.3. The second-order valence-electron chi connectivity index (χ2n) is 6.30. The lowest BCUT2D eigenvalue weighted by Crippen LogP contribution is -2.00. The summed E-state index contributed by atoms with van der Waals surface area (Å²) in [5.41, 5.74) is 4.64. The van der Waals surface area contributed by atoms with Crippen LogP contribution >= 0.6 is 11.8 Å². The highest BCUT2D eigenvalue weighted by Crippen LogP contribution is 2.28. The van der Waals surface area contributed by atoms with Crippen molar-refractivity contribution in [3.63, 3.8) is 0 Å². The van der Waals surface area contributed by atoms with Crippen molar-refractivity contribution >= 4 is 11.8 Å². The van der Waals surface area contributed by atoms with Gasteiger partial charge in [0.1, 0.15) is 0 Å². The van der Waals surface area contributed by atoms with E-state index in [4.69, 9.17) is 0 Å². The Morgan fingerprint density at radius 3 is 2.33 bits per heavy atom. The van der Waals surface area contributed by atoms with Gasteiger partial charge in [0.05, 0.1) is 0 Å². The molecule has 2 aromatic heterocycles. The zero-order valence-electron chi connectivity index (χ0n) is 15.1. The van der Waals surface area contributed by atoms with Crippen LogP contribution in [0.15, 0.2) is 84.3 Å². The molecule has 0 aliphatic rings. The first kappa shape index (κ1) is 17.5. The van der Waals surface area contributed by atoms with E-state index in [1.54, 1.807) is 24.2 Å². The van der Waals surface area contributed by atoms with Crippen LogP contribution in [0.1, 0.15) is 11.1 Å². The molecule has 0 N–H and O–H groups in total. The molecule has 0 fully saturated rings. The number of hydrogen-bond donors (Lipinski definition) is 0. The summed E-state index contributed by atoms with van der Waals surface area (Å²) in [6.45, 7) is 2.09. The van der Waals surface area contributed by atoms with Crippen molar-refractivity contribution in [3.05, 3.63) is 90.3 Å². The number of rotatable bonds is 6. The number of hydrogen-bond acceptors (Lipinski definition) is 4. The van der Waals surface area contributed by atoms with Gasteiger partial charge in [0.2, 0.25) is 0 Å². The van der Waals surface area contributed by atoms with Gasteiger partial charge in [-0.3, -0.25) is 9.55 Å². The van der Waals surface area contributed by atoms with E-state index in [1.165, 1.54) is 11.1 Å². The molecule has 2 aromatic carbocycles. The topological polar surface area (TPSA) is 43.6 Å². The maximum absolute atomic E-state index is 4.48. The molecule has 0 saturated carbocycles. The van der Waals surface area contributed by atoms with Crippen molar-refractivity contribution in [1.29, 1.82) is 0 Å². The predicted octanol–water partition coefficient (Wildman–Crippen LogP) is 4.97. The summed E-state index contributed by atoms with van der Waals surface area (Å²) in [4.78, 5) is 4.11. The summed E-state index contributed by atoms with van der Waals surface area (Å²) in [6.07, 6.45) is 4.56. The Labute approximate surface area is 163 Å². The van der Waals surface area contributed by atoms with Crippen LogP contribution in [0.5, 0.6) is 0 Å². The molecule has 0 saturated heterocycles. The van der Waals surface area contributed by atoms with Gasteiger partial charge in [-0.1, -0.05) is 59.8 Å². The number of benzene rings is 2. The molecular formula is C22H20N4S. The Morgan fingerprint density at radius 2 is 1.59 bits per heavy atom. The minimum absolute atomic E-state index is 0.837. The molecule has 0 aliphatic carbocycles. The molecule has 4 rings (SSSR count). The van der Waals surface area contributed by atoms with E-state index in [0.29, 0.717) is 0 Å². The molecule has 2 heterocycles. The van der Waals surface area contributed by atoms with E-state index in [2.05, 4.69) is 75.2 Å². The predicted molar refractivity (Wildman–Crippen MR) is 110 cm³/mol. The third kappa shape index (κ3) is 4.09. The van der Waals surface area contributed by atoms with Crippen molar-refractivity contribution in [3.8, 4) is 17.1 Å². The maximum Gasteiger partial charge on any atom is 0.196 e. The van der Waals surface area contributed by atoms with Gasteiger partial charge >= 0.3 is 0 Å². The second-order valence-corrected chi connectivity index (χ2v) is 7.36. The van der Waals surface area contributed by atoms with Gasteiger partial charge in [-0.2, -0.15) is 0 Å². The highest BCUT2D eigenvalue weighted by molar-refractivity contribution is 7.99. The molecule has 4 aromatic rings. The van der Waals surface area contributed by atoms with Crippen molar-refractivity contribution < 1.29 is 0 Å². The van der Waals surface area contributed by atoms with Crippen LogP contribution in [0, 0.1) is 6.92 Å². The average molecular weight is 372 g/mol. The van der Waals surface area contributed by atoms with Crippen LogP contribution in [-0.2, 0) is 6.42 Å². The summed E-state index contributed by atoms with van der Waals surface area (Å²) in [5.74, 6) is 1.79. The van der Waals surface area contributed by atoms with Crippen LogP contribution < -0.4 is 0 Å². The van der Waals surface area contributed by atoms with Crippen molar-refractivity contribution in [2.75, 3.05) is 5.75 Å². The zero-order valence-corrected chi connectivity index (χ0v) is 15.9. The van der Waals surface area contributed by atoms with Crippen LogP contribution in [0.3, 0.4) is 0 Å². The summed E-state index contributed by atoms with van der Waals surface area (Å²) < 4.78 is 2.13. The SMILES string of the molecule is Cc1ccc(-n2c(SCCc3ccccc3)nnc2-c2ccncc2)cc1. The van der Waals surface area contributed by atoms with Gasteiger partial charge in [-0.15, -0.1) is 10.2 Å². The molecule has 0 spiro atoms. The lowest BCUT2D eigenvalue weighted by Gasteiger charge is -2.10. The number of nitrogens with zero attached hydrogens (tertiary/aromatic N) is 4. The van der Waals surface area contributed by atoms with Crippen molar-refractivity contribution in [2.24, 2.45) is 0 Å². The van der Waals surface area contributed by atoms with Gasteiger partial charge in [0.25, 0.3) is 0 Å². The van der Waals surface area contributed by atoms with E-state index >= 15 is 0 Å². The van der Waals surface area contributed by atoms with Gasteiger partial charge in [-0.05, 0) is 43.2 Å². The minimum atomic E-state index is 0.837. The van der Waals surface area contributed by atoms with Crippen LogP contribution in [0.4, 0.5) is 0 Å². The fourth-order valence-electron chi connectivity index (χ4n) is 2.88. The van der Waals surface area contributed by atoms with Gasteiger partial charge in [-0.25, -0.2) is 0 Å². The minimum Gasteiger partial charge on any atom is -0.270 e. The normalized spacial score (nSPS) is 10.9. The van der Waals surface area contributed by atoms with E-state index in [-0.39, 0.29) is 0 Å². The Hall–Kier alpha value is -2.92. The molecule has 0 aliphatic heterocycles. The molecule has 4 nitrogen and oxygen atoms in total. The first-order valence-corrected chi connectivity index (χ1v) is 9.89. The summed E-state index contributed by atoms with van der Waals surface area (Å²) >= 11 is 1.73. The number of pyridine rings is 1. The van der Waals surface area contributed by atoms with Gasteiger partial charge in [0.15, 0.2) is 11.0 Å². The summed E-state index contributed by atoms with van der Waals surface area (Å²) in [7, 11) is 0. The monoisotopic (exact) mass is 372 g/mol. The highest BCUT2D eigenvalue weighted by atomic mass is 32.2. The summed E-state index contributed by atoms with van der Waals surface area (Å²) in [5, 5.41) is 9.86. The van der Waals surface area contributed by atoms with Crippen molar-refractivity contribution in [1.82, 2.24) is 19.7 Å². The Morgan fingerprint density at radius 1 is 0.852 bits per heavy atom. The van der Waals surface area contributed by atoms with E-state index in [1.807, 2.05) is 18.2 Å². The molecule has 27 heavy (non-hydrogen) atoms. The fraction of sp³-hybridized carbons (Fsp3) is 0.136. The molecule has 0 unspecified atom stereocenters. The Kier molecular flexibility index (Phi) is 5.30. The lowest BCUT2D eigenvalue weighted by molar-refractivity contribution is 0.884. The molecule has 0 radical (unpaired) electrons. The third-order valence-electron chi connectivity index (χ3n) is 4.33. The average Bonchev–Trinajstić information content (AvgIpc) is 3.14. The first-order valence-electron chi connectivity index (χ1n) is 8.91. The maximum atomic E-state index is 4.48. The van der Waals surface area contributed by atoms with Crippen LogP contribution in [0.2, 0.25) is 0 Å². The van der Waals surface area contributed by atoms with Gasteiger partial charge in [0, 0.05) is 29.4 Å². The Balaban J connectivity index is 1.64. The third-order valence-corrected chi connectivity index (χ3v) is 5.26. The highest BCUT2D eigenvalue weighted by Gasteiger charge is 2.16. The van der Waals surface area contributed by atoms with Crippen LogP contribution in [-0.4, -0.2) is 25.5 Å². The zero-order chi connectivity index (χ0) is 18.5. The number of thioether (sulfide) groups is 1.